The molecule has 0 atom stereocenters. The van der Waals surface area contributed by atoms with E-state index in [1.54, 1.807) is 21.3 Å². The lowest BCUT2D eigenvalue weighted by atomic mass is 9.67. The molecule has 0 bridgehead atoms. The van der Waals surface area contributed by atoms with Crippen LogP contribution < -0.4 is 15.2 Å². The molecule has 2 N–H and O–H groups in total. The first-order chi connectivity index (χ1) is 10.2. The molecule has 4 heteroatoms. The van der Waals surface area contributed by atoms with Crippen LogP contribution in [0.3, 0.4) is 0 Å². The highest BCUT2D eigenvalue weighted by Gasteiger charge is 2.38. The van der Waals surface area contributed by atoms with Crippen LogP contribution in [0.1, 0.15) is 43.2 Å². The standard InChI is InChI=1S/C17H27NO3/c1-19-11-13-7-8-14(20-2)16(21-3)15(13)17(12-18)9-5-4-6-10-17/h7-8H,4-6,9-12,18H2,1-3H3. The highest BCUT2D eigenvalue weighted by molar-refractivity contribution is 5.54. The molecule has 118 valence electrons. The average molecular weight is 293 g/mol. The van der Waals surface area contributed by atoms with Gasteiger partial charge in [0, 0.05) is 24.6 Å². The van der Waals surface area contributed by atoms with E-state index >= 15 is 0 Å². The molecule has 1 aliphatic rings. The van der Waals surface area contributed by atoms with Gasteiger partial charge in [-0.2, -0.15) is 0 Å². The van der Waals surface area contributed by atoms with Crippen molar-refractivity contribution in [1.82, 2.24) is 0 Å². The van der Waals surface area contributed by atoms with Gasteiger partial charge in [0.05, 0.1) is 20.8 Å². The average Bonchev–Trinajstić information content (AvgIpc) is 2.55. The second-order valence-corrected chi connectivity index (χ2v) is 5.81. The van der Waals surface area contributed by atoms with Gasteiger partial charge >= 0.3 is 0 Å². The van der Waals surface area contributed by atoms with Gasteiger partial charge in [0.1, 0.15) is 0 Å². The van der Waals surface area contributed by atoms with Gasteiger partial charge < -0.3 is 19.9 Å². The summed E-state index contributed by atoms with van der Waals surface area (Å²) in [5.74, 6) is 1.59. The van der Waals surface area contributed by atoms with Crippen LogP contribution in [0.15, 0.2) is 12.1 Å². The lowest BCUT2D eigenvalue weighted by molar-refractivity contribution is 0.179. The number of ether oxygens (including phenoxy) is 3. The van der Waals surface area contributed by atoms with E-state index in [1.807, 2.05) is 6.07 Å². The van der Waals surface area contributed by atoms with Gasteiger partial charge in [0.2, 0.25) is 0 Å². The Morgan fingerprint density at radius 3 is 2.29 bits per heavy atom. The molecule has 0 unspecified atom stereocenters. The predicted molar refractivity (Wildman–Crippen MR) is 84.1 cm³/mol. The quantitative estimate of drug-likeness (QED) is 0.876. The van der Waals surface area contributed by atoms with E-state index in [4.69, 9.17) is 19.9 Å². The molecule has 0 heterocycles. The predicted octanol–water partition coefficient (Wildman–Crippen LogP) is 3.01. The van der Waals surface area contributed by atoms with E-state index in [0.717, 1.165) is 29.9 Å². The lowest BCUT2D eigenvalue weighted by Crippen LogP contribution is -2.38. The fourth-order valence-electron chi connectivity index (χ4n) is 3.61. The minimum Gasteiger partial charge on any atom is -0.493 e. The summed E-state index contributed by atoms with van der Waals surface area (Å²) in [5.41, 5.74) is 8.53. The molecule has 0 aliphatic heterocycles. The molecule has 0 aromatic heterocycles. The third kappa shape index (κ3) is 3.01. The third-order valence-electron chi connectivity index (χ3n) is 4.66. The number of nitrogens with two attached hydrogens (primary N) is 1. The Morgan fingerprint density at radius 1 is 1.05 bits per heavy atom. The van der Waals surface area contributed by atoms with Gasteiger partial charge in [0.15, 0.2) is 11.5 Å². The maximum absolute atomic E-state index is 6.21. The van der Waals surface area contributed by atoms with Crippen molar-refractivity contribution in [2.45, 2.75) is 44.1 Å². The van der Waals surface area contributed by atoms with E-state index < -0.39 is 0 Å². The largest absolute Gasteiger partial charge is 0.493 e. The Balaban J connectivity index is 2.60. The van der Waals surface area contributed by atoms with Crippen LogP contribution in [-0.2, 0) is 16.8 Å². The van der Waals surface area contributed by atoms with Crippen molar-refractivity contribution in [2.24, 2.45) is 5.73 Å². The highest BCUT2D eigenvalue weighted by atomic mass is 16.5. The topological polar surface area (TPSA) is 53.7 Å². The summed E-state index contributed by atoms with van der Waals surface area (Å²) in [6, 6.07) is 4.02. The molecular weight excluding hydrogens is 266 g/mol. The van der Waals surface area contributed by atoms with E-state index in [-0.39, 0.29) is 5.41 Å². The number of methoxy groups -OCH3 is 3. The maximum Gasteiger partial charge on any atom is 0.164 e. The molecule has 1 aliphatic carbocycles. The zero-order valence-corrected chi connectivity index (χ0v) is 13.4. The van der Waals surface area contributed by atoms with E-state index in [1.165, 1.54) is 24.8 Å². The molecule has 0 amide bonds. The Labute approximate surface area is 127 Å². The number of hydrogen-bond acceptors (Lipinski definition) is 4. The van der Waals surface area contributed by atoms with Crippen LogP contribution in [0.4, 0.5) is 0 Å². The molecule has 1 fully saturated rings. The molecule has 4 nitrogen and oxygen atoms in total. The Hall–Kier alpha value is -1.26. The first kappa shape index (κ1) is 16.1. The van der Waals surface area contributed by atoms with Crippen molar-refractivity contribution in [3.05, 3.63) is 23.3 Å². The van der Waals surface area contributed by atoms with Gasteiger partial charge in [-0.05, 0) is 24.5 Å². The van der Waals surface area contributed by atoms with Crippen LogP contribution in [0.5, 0.6) is 11.5 Å². The van der Waals surface area contributed by atoms with Crippen LogP contribution in [0.2, 0.25) is 0 Å². The second-order valence-electron chi connectivity index (χ2n) is 5.81. The number of rotatable bonds is 6. The molecule has 2 rings (SSSR count). The molecule has 1 aromatic rings. The van der Waals surface area contributed by atoms with Gasteiger partial charge in [0.25, 0.3) is 0 Å². The number of hydrogen-bond donors (Lipinski definition) is 1. The van der Waals surface area contributed by atoms with Crippen molar-refractivity contribution in [3.63, 3.8) is 0 Å². The van der Waals surface area contributed by atoms with Gasteiger partial charge in [-0.1, -0.05) is 25.3 Å². The normalized spacial score (nSPS) is 17.5. The summed E-state index contributed by atoms with van der Waals surface area (Å²) in [6.45, 7) is 1.20. The second kappa shape index (κ2) is 7.14. The Bertz CT molecular complexity index is 467. The number of benzene rings is 1. The molecular formula is C17H27NO3. The van der Waals surface area contributed by atoms with Crippen LogP contribution in [0.25, 0.3) is 0 Å². The molecule has 0 radical (unpaired) electrons. The Morgan fingerprint density at radius 2 is 1.76 bits per heavy atom. The third-order valence-corrected chi connectivity index (χ3v) is 4.66. The van der Waals surface area contributed by atoms with Crippen molar-refractivity contribution in [2.75, 3.05) is 27.9 Å². The minimum absolute atomic E-state index is 0.0218. The van der Waals surface area contributed by atoms with Crippen LogP contribution >= 0.6 is 0 Å². The summed E-state index contributed by atoms with van der Waals surface area (Å²) < 4.78 is 16.6. The van der Waals surface area contributed by atoms with Crippen molar-refractivity contribution >= 4 is 0 Å². The maximum atomic E-state index is 6.21. The first-order valence-corrected chi connectivity index (χ1v) is 7.65. The van der Waals surface area contributed by atoms with Crippen LogP contribution in [0, 0.1) is 0 Å². The summed E-state index contributed by atoms with van der Waals surface area (Å²) >= 11 is 0. The first-order valence-electron chi connectivity index (χ1n) is 7.65. The van der Waals surface area contributed by atoms with E-state index in [0.29, 0.717) is 13.2 Å². The summed E-state index contributed by atoms with van der Waals surface area (Å²) in [7, 11) is 5.09. The van der Waals surface area contributed by atoms with E-state index in [9.17, 15) is 0 Å². The monoisotopic (exact) mass is 293 g/mol. The Kier molecular flexibility index (Phi) is 5.48. The van der Waals surface area contributed by atoms with Crippen LogP contribution in [-0.4, -0.2) is 27.9 Å². The summed E-state index contributed by atoms with van der Waals surface area (Å²) in [6.07, 6.45) is 5.91. The molecule has 0 saturated heterocycles. The highest BCUT2D eigenvalue weighted by Crippen LogP contribution is 2.47. The molecule has 0 spiro atoms. The minimum atomic E-state index is -0.0218. The van der Waals surface area contributed by atoms with Crippen molar-refractivity contribution in [1.29, 1.82) is 0 Å². The van der Waals surface area contributed by atoms with Crippen molar-refractivity contribution in [3.8, 4) is 11.5 Å². The fraction of sp³-hybridized carbons (Fsp3) is 0.647. The SMILES string of the molecule is COCc1ccc(OC)c(OC)c1C1(CN)CCCCC1. The zero-order valence-electron chi connectivity index (χ0n) is 13.4. The summed E-state index contributed by atoms with van der Waals surface area (Å²) in [4.78, 5) is 0. The van der Waals surface area contributed by atoms with Crippen molar-refractivity contribution < 1.29 is 14.2 Å². The van der Waals surface area contributed by atoms with E-state index in [2.05, 4.69) is 6.07 Å². The van der Waals surface area contributed by atoms with Gasteiger partial charge in [-0.3, -0.25) is 0 Å². The summed E-state index contributed by atoms with van der Waals surface area (Å²) in [5, 5.41) is 0. The van der Waals surface area contributed by atoms with Gasteiger partial charge in [-0.25, -0.2) is 0 Å². The van der Waals surface area contributed by atoms with Gasteiger partial charge in [-0.15, -0.1) is 0 Å². The molecule has 1 aromatic carbocycles. The zero-order chi connectivity index (χ0) is 15.3. The lowest BCUT2D eigenvalue weighted by Gasteiger charge is -2.39. The molecule has 21 heavy (non-hydrogen) atoms. The smallest absolute Gasteiger partial charge is 0.164 e. The fourth-order valence-corrected chi connectivity index (χ4v) is 3.61. The molecule has 1 saturated carbocycles.